The first-order valence-electron chi connectivity index (χ1n) is 8.18. The summed E-state index contributed by atoms with van der Waals surface area (Å²) in [6.07, 6.45) is 0. The van der Waals surface area contributed by atoms with E-state index in [0.717, 1.165) is 28.5 Å². The fourth-order valence-electron chi connectivity index (χ4n) is 2.61. The smallest absolute Gasteiger partial charge is 0.136 e. The van der Waals surface area contributed by atoms with Crippen LogP contribution >= 0.6 is 0 Å². The van der Waals surface area contributed by atoms with Crippen molar-refractivity contribution >= 4 is 17.3 Å². The summed E-state index contributed by atoms with van der Waals surface area (Å²) in [5, 5.41) is 6.60. The Bertz CT molecular complexity index is 875. The molecular formula is C20H21FN4. The highest BCUT2D eigenvalue weighted by atomic mass is 19.1. The summed E-state index contributed by atoms with van der Waals surface area (Å²) >= 11 is 0. The van der Waals surface area contributed by atoms with Gasteiger partial charge in [-0.25, -0.2) is 14.4 Å². The lowest BCUT2D eigenvalue weighted by Gasteiger charge is -2.12. The summed E-state index contributed by atoms with van der Waals surface area (Å²) in [5.41, 5.74) is 4.40. The van der Waals surface area contributed by atoms with E-state index in [2.05, 4.69) is 46.6 Å². The van der Waals surface area contributed by atoms with E-state index in [-0.39, 0.29) is 5.82 Å². The summed E-state index contributed by atoms with van der Waals surface area (Å²) in [6, 6.07) is 14.5. The van der Waals surface area contributed by atoms with E-state index in [1.54, 1.807) is 12.1 Å². The molecule has 1 aromatic heterocycles. The molecule has 0 spiro atoms. The highest BCUT2D eigenvalue weighted by Gasteiger charge is 2.05. The SMILES string of the molecule is Cc1ccc(Nc2cc(NCc3ccc(F)cc3)nc(C)n2)c(C)c1. The third kappa shape index (κ3) is 4.53. The number of halogens is 1. The van der Waals surface area contributed by atoms with Crippen molar-refractivity contribution in [3.8, 4) is 0 Å². The van der Waals surface area contributed by atoms with Gasteiger partial charge in [-0.1, -0.05) is 29.8 Å². The van der Waals surface area contributed by atoms with Gasteiger partial charge in [0.2, 0.25) is 0 Å². The molecule has 0 aliphatic carbocycles. The number of hydrogen-bond acceptors (Lipinski definition) is 4. The fourth-order valence-corrected chi connectivity index (χ4v) is 2.61. The number of aryl methyl sites for hydroxylation is 3. The first kappa shape index (κ1) is 16.9. The van der Waals surface area contributed by atoms with Crippen molar-refractivity contribution in [1.29, 1.82) is 0 Å². The molecule has 0 aliphatic rings. The predicted molar refractivity (Wildman–Crippen MR) is 99.7 cm³/mol. The molecular weight excluding hydrogens is 315 g/mol. The van der Waals surface area contributed by atoms with E-state index < -0.39 is 0 Å². The maximum atomic E-state index is 13.0. The molecule has 0 unspecified atom stereocenters. The van der Waals surface area contributed by atoms with Crippen molar-refractivity contribution < 1.29 is 4.39 Å². The van der Waals surface area contributed by atoms with Crippen LogP contribution in [0, 0.1) is 26.6 Å². The van der Waals surface area contributed by atoms with Crippen LogP contribution in [-0.4, -0.2) is 9.97 Å². The highest BCUT2D eigenvalue weighted by molar-refractivity contribution is 5.63. The molecule has 3 rings (SSSR count). The number of anilines is 3. The van der Waals surface area contributed by atoms with Crippen LogP contribution in [0.3, 0.4) is 0 Å². The van der Waals surface area contributed by atoms with Crippen molar-refractivity contribution in [3.63, 3.8) is 0 Å². The molecule has 0 amide bonds. The zero-order valence-electron chi connectivity index (χ0n) is 14.6. The fraction of sp³-hybridized carbons (Fsp3) is 0.200. The van der Waals surface area contributed by atoms with Gasteiger partial charge < -0.3 is 10.6 Å². The van der Waals surface area contributed by atoms with Crippen LogP contribution in [0.5, 0.6) is 0 Å². The summed E-state index contributed by atoms with van der Waals surface area (Å²) in [6.45, 7) is 6.57. The Morgan fingerprint density at radius 3 is 2.32 bits per heavy atom. The zero-order valence-corrected chi connectivity index (χ0v) is 14.6. The molecule has 0 fully saturated rings. The zero-order chi connectivity index (χ0) is 17.8. The van der Waals surface area contributed by atoms with Crippen LogP contribution < -0.4 is 10.6 Å². The lowest BCUT2D eigenvalue weighted by Crippen LogP contribution is -2.05. The van der Waals surface area contributed by atoms with Crippen LogP contribution in [0.2, 0.25) is 0 Å². The monoisotopic (exact) mass is 336 g/mol. The number of rotatable bonds is 5. The minimum atomic E-state index is -0.235. The van der Waals surface area contributed by atoms with Gasteiger partial charge >= 0.3 is 0 Å². The molecule has 0 saturated heterocycles. The number of nitrogens with zero attached hydrogens (tertiary/aromatic N) is 2. The van der Waals surface area contributed by atoms with Crippen LogP contribution in [0.4, 0.5) is 21.7 Å². The average molecular weight is 336 g/mol. The van der Waals surface area contributed by atoms with Crippen molar-refractivity contribution in [2.45, 2.75) is 27.3 Å². The number of nitrogens with one attached hydrogen (secondary N) is 2. The van der Waals surface area contributed by atoms with Gasteiger partial charge in [0.05, 0.1) is 0 Å². The van der Waals surface area contributed by atoms with Gasteiger partial charge in [-0.3, -0.25) is 0 Å². The van der Waals surface area contributed by atoms with Gasteiger partial charge in [0.1, 0.15) is 23.3 Å². The molecule has 2 N–H and O–H groups in total. The van der Waals surface area contributed by atoms with E-state index >= 15 is 0 Å². The van der Waals surface area contributed by atoms with Crippen LogP contribution in [0.15, 0.2) is 48.5 Å². The average Bonchev–Trinajstić information content (AvgIpc) is 2.56. The van der Waals surface area contributed by atoms with Gasteiger partial charge in [-0.05, 0) is 50.1 Å². The Morgan fingerprint density at radius 1 is 0.880 bits per heavy atom. The topological polar surface area (TPSA) is 49.8 Å². The van der Waals surface area contributed by atoms with Gasteiger partial charge in [-0.2, -0.15) is 0 Å². The molecule has 1 heterocycles. The van der Waals surface area contributed by atoms with E-state index in [9.17, 15) is 4.39 Å². The third-order valence-electron chi connectivity index (χ3n) is 3.87. The summed E-state index contributed by atoms with van der Waals surface area (Å²) in [7, 11) is 0. The van der Waals surface area contributed by atoms with Gasteiger partial charge in [0.15, 0.2) is 0 Å². The number of hydrogen-bond donors (Lipinski definition) is 2. The van der Waals surface area contributed by atoms with Gasteiger partial charge in [-0.15, -0.1) is 0 Å². The predicted octanol–water partition coefficient (Wildman–Crippen LogP) is 4.90. The summed E-state index contributed by atoms with van der Waals surface area (Å²) in [5.74, 6) is 1.91. The minimum absolute atomic E-state index is 0.235. The second kappa shape index (κ2) is 7.30. The molecule has 0 atom stereocenters. The Labute approximate surface area is 147 Å². The van der Waals surface area contributed by atoms with E-state index in [1.165, 1.54) is 17.7 Å². The quantitative estimate of drug-likeness (QED) is 0.696. The highest BCUT2D eigenvalue weighted by Crippen LogP contribution is 2.22. The molecule has 5 heteroatoms. The van der Waals surface area contributed by atoms with Crippen molar-refractivity contribution in [2.24, 2.45) is 0 Å². The van der Waals surface area contributed by atoms with E-state index in [0.29, 0.717) is 12.4 Å². The molecule has 25 heavy (non-hydrogen) atoms. The molecule has 0 bridgehead atoms. The van der Waals surface area contributed by atoms with E-state index in [1.807, 2.05) is 19.1 Å². The Balaban J connectivity index is 1.74. The Hall–Kier alpha value is -2.95. The maximum absolute atomic E-state index is 13.0. The van der Waals surface area contributed by atoms with Crippen LogP contribution in [0.25, 0.3) is 0 Å². The van der Waals surface area contributed by atoms with Crippen molar-refractivity contribution in [2.75, 3.05) is 10.6 Å². The second-order valence-electron chi connectivity index (χ2n) is 6.11. The van der Waals surface area contributed by atoms with Crippen LogP contribution in [0.1, 0.15) is 22.5 Å². The Kier molecular flexibility index (Phi) is 4.93. The minimum Gasteiger partial charge on any atom is -0.366 e. The lowest BCUT2D eigenvalue weighted by molar-refractivity contribution is 0.627. The molecule has 0 saturated carbocycles. The summed E-state index contributed by atoms with van der Waals surface area (Å²) in [4.78, 5) is 8.86. The largest absolute Gasteiger partial charge is 0.366 e. The third-order valence-corrected chi connectivity index (χ3v) is 3.87. The standard InChI is InChI=1S/C20H21FN4/c1-13-4-9-18(14(2)10-13)25-20-11-19(23-15(3)24-20)22-12-16-5-7-17(21)8-6-16/h4-11H,12H2,1-3H3,(H2,22,23,24,25). The Morgan fingerprint density at radius 2 is 1.60 bits per heavy atom. The lowest BCUT2D eigenvalue weighted by atomic mass is 10.1. The van der Waals surface area contributed by atoms with Crippen molar-refractivity contribution in [3.05, 3.63) is 76.9 Å². The molecule has 0 aliphatic heterocycles. The molecule has 4 nitrogen and oxygen atoms in total. The second-order valence-corrected chi connectivity index (χ2v) is 6.11. The van der Waals surface area contributed by atoms with Gasteiger partial charge in [0, 0.05) is 18.3 Å². The van der Waals surface area contributed by atoms with E-state index in [4.69, 9.17) is 0 Å². The molecule has 2 aromatic carbocycles. The van der Waals surface area contributed by atoms with Crippen LogP contribution in [-0.2, 0) is 6.54 Å². The first-order valence-corrected chi connectivity index (χ1v) is 8.18. The first-order chi connectivity index (χ1) is 12.0. The normalized spacial score (nSPS) is 10.6. The number of benzene rings is 2. The number of aromatic nitrogens is 2. The molecule has 3 aromatic rings. The molecule has 0 radical (unpaired) electrons. The summed E-state index contributed by atoms with van der Waals surface area (Å²) < 4.78 is 13.0. The van der Waals surface area contributed by atoms with Crippen molar-refractivity contribution in [1.82, 2.24) is 9.97 Å². The van der Waals surface area contributed by atoms with Gasteiger partial charge in [0.25, 0.3) is 0 Å². The molecule has 128 valence electrons. The maximum Gasteiger partial charge on any atom is 0.136 e.